The number of halogens is 3. The SMILES string of the molecule is Cc1ccccc1Oc1nc(N(C)Cc2ccccc2)nc2c1CN(C(=O)c1ccc(C(F)(F)F)cc1)CC2. The predicted octanol–water partition coefficient (Wildman–Crippen LogP) is 6.43. The van der Waals surface area contributed by atoms with Gasteiger partial charge in [-0.2, -0.15) is 18.2 Å². The smallest absolute Gasteiger partial charge is 0.416 e. The van der Waals surface area contributed by atoms with E-state index in [1.165, 1.54) is 12.1 Å². The molecule has 39 heavy (non-hydrogen) atoms. The first-order chi connectivity index (χ1) is 18.7. The topological polar surface area (TPSA) is 58.6 Å². The molecule has 3 aromatic carbocycles. The molecule has 0 atom stereocenters. The van der Waals surface area contributed by atoms with Gasteiger partial charge in [0.2, 0.25) is 11.8 Å². The Morgan fingerprint density at radius 2 is 1.67 bits per heavy atom. The van der Waals surface area contributed by atoms with E-state index in [1.54, 1.807) is 4.90 Å². The van der Waals surface area contributed by atoms with E-state index in [0.29, 0.717) is 42.7 Å². The average Bonchev–Trinajstić information content (AvgIpc) is 2.93. The van der Waals surface area contributed by atoms with Crippen LogP contribution in [-0.2, 0) is 25.7 Å². The van der Waals surface area contributed by atoms with E-state index in [2.05, 4.69) is 0 Å². The van der Waals surface area contributed by atoms with Gasteiger partial charge in [-0.15, -0.1) is 0 Å². The maximum atomic E-state index is 13.2. The first kappa shape index (κ1) is 26.2. The first-order valence-electron chi connectivity index (χ1n) is 12.5. The van der Waals surface area contributed by atoms with Gasteiger partial charge >= 0.3 is 6.18 Å². The number of rotatable bonds is 6. The monoisotopic (exact) mass is 532 g/mol. The van der Waals surface area contributed by atoms with E-state index >= 15 is 0 Å². The number of fused-ring (bicyclic) bond motifs is 1. The predicted molar refractivity (Wildman–Crippen MR) is 142 cm³/mol. The Labute approximate surface area is 224 Å². The Balaban J connectivity index is 1.45. The van der Waals surface area contributed by atoms with Crippen LogP contribution < -0.4 is 9.64 Å². The van der Waals surface area contributed by atoms with Crippen molar-refractivity contribution in [2.24, 2.45) is 0 Å². The summed E-state index contributed by atoms with van der Waals surface area (Å²) in [5.41, 5.74) is 2.89. The van der Waals surface area contributed by atoms with Crippen LogP contribution in [0, 0.1) is 6.92 Å². The number of aromatic nitrogens is 2. The van der Waals surface area contributed by atoms with Crippen LogP contribution in [0.2, 0.25) is 0 Å². The van der Waals surface area contributed by atoms with Crippen molar-refractivity contribution in [1.29, 1.82) is 0 Å². The number of carbonyl (C=O) groups excluding carboxylic acids is 1. The van der Waals surface area contributed by atoms with Crippen molar-refractivity contribution in [2.75, 3.05) is 18.5 Å². The summed E-state index contributed by atoms with van der Waals surface area (Å²) >= 11 is 0. The summed E-state index contributed by atoms with van der Waals surface area (Å²) in [7, 11) is 1.91. The lowest BCUT2D eigenvalue weighted by atomic mass is 10.0. The second-order valence-electron chi connectivity index (χ2n) is 9.52. The number of alkyl halides is 3. The molecule has 0 fully saturated rings. The number of ether oxygens (including phenoxy) is 1. The zero-order valence-corrected chi connectivity index (χ0v) is 21.6. The third-order valence-corrected chi connectivity index (χ3v) is 6.66. The summed E-state index contributed by atoms with van der Waals surface area (Å²) in [4.78, 5) is 26.3. The zero-order chi connectivity index (χ0) is 27.6. The van der Waals surface area contributed by atoms with E-state index in [-0.39, 0.29) is 18.0 Å². The molecule has 200 valence electrons. The zero-order valence-electron chi connectivity index (χ0n) is 21.6. The Hall–Kier alpha value is -4.40. The number of benzene rings is 3. The molecular formula is C30H27F3N4O2. The quantitative estimate of drug-likeness (QED) is 0.286. The third kappa shape index (κ3) is 5.87. The summed E-state index contributed by atoms with van der Waals surface area (Å²) in [6.45, 7) is 3.09. The van der Waals surface area contributed by atoms with E-state index < -0.39 is 11.7 Å². The maximum Gasteiger partial charge on any atom is 0.416 e. The van der Waals surface area contributed by atoms with Crippen LogP contribution in [0.25, 0.3) is 0 Å². The number of anilines is 1. The highest BCUT2D eigenvalue weighted by Gasteiger charge is 2.31. The van der Waals surface area contributed by atoms with Crippen LogP contribution in [0.4, 0.5) is 19.1 Å². The minimum absolute atomic E-state index is 0.180. The van der Waals surface area contributed by atoms with Crippen LogP contribution in [0.1, 0.15) is 38.3 Å². The molecule has 0 radical (unpaired) electrons. The summed E-state index contributed by atoms with van der Waals surface area (Å²) in [6.07, 6.45) is -4.00. The Morgan fingerprint density at radius 3 is 2.36 bits per heavy atom. The van der Waals surface area contributed by atoms with Gasteiger partial charge in [0.25, 0.3) is 5.91 Å². The molecule has 0 N–H and O–H groups in total. The largest absolute Gasteiger partial charge is 0.438 e. The van der Waals surface area contributed by atoms with Gasteiger partial charge in [0.05, 0.1) is 23.4 Å². The molecule has 2 heterocycles. The van der Waals surface area contributed by atoms with Crippen molar-refractivity contribution in [2.45, 2.75) is 32.6 Å². The second kappa shape index (κ2) is 10.8. The molecule has 0 bridgehead atoms. The van der Waals surface area contributed by atoms with Gasteiger partial charge in [-0.3, -0.25) is 4.79 Å². The fraction of sp³-hybridized carbons (Fsp3) is 0.233. The summed E-state index contributed by atoms with van der Waals surface area (Å²) in [6, 6.07) is 21.8. The van der Waals surface area contributed by atoms with Gasteiger partial charge < -0.3 is 14.5 Å². The highest BCUT2D eigenvalue weighted by atomic mass is 19.4. The van der Waals surface area contributed by atoms with Gasteiger partial charge in [-0.05, 0) is 48.4 Å². The standard InChI is InChI=1S/C30H27F3N4O2/c1-20-8-6-7-11-26(20)39-27-24-19-37(28(38)22-12-14-23(15-13-22)30(31,32)33)17-16-25(24)34-29(35-27)36(2)18-21-9-4-3-5-10-21/h3-15H,16-19H2,1-2H3. The third-order valence-electron chi connectivity index (χ3n) is 6.66. The normalized spacial score (nSPS) is 13.1. The van der Waals surface area contributed by atoms with Crippen LogP contribution in [0.15, 0.2) is 78.9 Å². The number of carbonyl (C=O) groups is 1. The van der Waals surface area contributed by atoms with Crippen molar-refractivity contribution in [3.8, 4) is 11.6 Å². The molecule has 4 aromatic rings. The molecule has 1 aliphatic rings. The molecule has 1 aliphatic heterocycles. The van der Waals surface area contributed by atoms with Crippen LogP contribution in [0.3, 0.4) is 0 Å². The molecule has 0 aliphatic carbocycles. The van der Waals surface area contributed by atoms with Gasteiger partial charge in [0.1, 0.15) is 5.75 Å². The minimum Gasteiger partial charge on any atom is -0.438 e. The highest BCUT2D eigenvalue weighted by Crippen LogP contribution is 2.34. The Morgan fingerprint density at radius 1 is 0.974 bits per heavy atom. The number of nitrogens with zero attached hydrogens (tertiary/aromatic N) is 4. The number of aryl methyl sites for hydroxylation is 1. The number of amides is 1. The summed E-state index contributed by atoms with van der Waals surface area (Å²) in [5.74, 6) is 1.14. The van der Waals surface area contributed by atoms with Crippen molar-refractivity contribution in [1.82, 2.24) is 14.9 Å². The molecular weight excluding hydrogens is 505 g/mol. The lowest BCUT2D eigenvalue weighted by Crippen LogP contribution is -2.37. The molecule has 0 saturated heterocycles. The van der Waals surface area contributed by atoms with Crippen LogP contribution in [0.5, 0.6) is 11.6 Å². The first-order valence-corrected chi connectivity index (χ1v) is 12.5. The fourth-order valence-electron chi connectivity index (χ4n) is 4.49. The van der Waals surface area contributed by atoms with Gasteiger partial charge in [-0.1, -0.05) is 48.5 Å². The van der Waals surface area contributed by atoms with E-state index in [4.69, 9.17) is 14.7 Å². The number of hydrogen-bond acceptors (Lipinski definition) is 5. The van der Waals surface area contributed by atoms with Crippen LogP contribution >= 0.6 is 0 Å². The molecule has 5 rings (SSSR count). The van der Waals surface area contributed by atoms with Crippen molar-refractivity contribution < 1.29 is 22.7 Å². The highest BCUT2D eigenvalue weighted by molar-refractivity contribution is 5.94. The number of para-hydroxylation sites is 1. The average molecular weight is 533 g/mol. The Kier molecular flexibility index (Phi) is 7.24. The molecule has 6 nitrogen and oxygen atoms in total. The molecule has 1 amide bonds. The molecule has 9 heteroatoms. The minimum atomic E-state index is -4.46. The van der Waals surface area contributed by atoms with Crippen LogP contribution in [-0.4, -0.2) is 34.4 Å². The Bertz CT molecular complexity index is 1470. The van der Waals surface area contributed by atoms with Crippen molar-refractivity contribution in [3.63, 3.8) is 0 Å². The van der Waals surface area contributed by atoms with Gasteiger partial charge in [-0.25, -0.2) is 4.98 Å². The van der Waals surface area contributed by atoms with Gasteiger partial charge in [0.15, 0.2) is 0 Å². The maximum absolute atomic E-state index is 13.2. The molecule has 0 spiro atoms. The van der Waals surface area contributed by atoms with Crippen molar-refractivity contribution in [3.05, 3.63) is 112 Å². The second-order valence-corrected chi connectivity index (χ2v) is 9.52. The van der Waals surface area contributed by atoms with Gasteiger partial charge in [0, 0.05) is 32.1 Å². The fourth-order valence-corrected chi connectivity index (χ4v) is 4.49. The molecule has 1 aromatic heterocycles. The summed E-state index contributed by atoms with van der Waals surface area (Å²) < 4.78 is 45.2. The lowest BCUT2D eigenvalue weighted by Gasteiger charge is -2.30. The summed E-state index contributed by atoms with van der Waals surface area (Å²) in [5, 5.41) is 0. The van der Waals surface area contributed by atoms with E-state index in [0.717, 1.165) is 29.0 Å². The molecule has 0 saturated carbocycles. The number of hydrogen-bond donors (Lipinski definition) is 0. The van der Waals surface area contributed by atoms with E-state index in [9.17, 15) is 18.0 Å². The lowest BCUT2D eigenvalue weighted by molar-refractivity contribution is -0.137. The van der Waals surface area contributed by atoms with Crippen molar-refractivity contribution >= 4 is 11.9 Å². The molecule has 0 unspecified atom stereocenters. The van der Waals surface area contributed by atoms with E-state index in [1.807, 2.05) is 73.5 Å².